The van der Waals surface area contributed by atoms with Gasteiger partial charge in [-0.15, -0.1) is 0 Å². The Morgan fingerprint density at radius 3 is 2.84 bits per heavy atom. The normalized spacial score (nSPS) is 17.6. The number of hydrogen-bond donors (Lipinski definition) is 1. The monoisotopic (exact) mass is 324 g/mol. The Balaban J connectivity index is 1.69. The zero-order valence-corrected chi connectivity index (χ0v) is 13.3. The summed E-state index contributed by atoms with van der Waals surface area (Å²) in [4.78, 5) is 14.5. The van der Waals surface area contributed by atoms with Crippen molar-refractivity contribution in [2.45, 2.75) is 0 Å². The number of aromatic amines is 1. The zero-order chi connectivity index (χ0) is 16.6. The van der Waals surface area contributed by atoms with Crippen molar-refractivity contribution in [1.29, 1.82) is 0 Å². The summed E-state index contributed by atoms with van der Waals surface area (Å²) in [5, 5.41) is 2.00. The second-order valence-electron chi connectivity index (χ2n) is 5.91. The summed E-state index contributed by atoms with van der Waals surface area (Å²) in [6.45, 7) is 3.23. The lowest BCUT2D eigenvalue weighted by atomic mass is 10.2. The van der Waals surface area contributed by atoms with Gasteiger partial charge in [0.2, 0.25) is 0 Å². The average Bonchev–Trinajstić information content (AvgIpc) is 3.31. The fourth-order valence-corrected chi connectivity index (χ4v) is 2.86. The van der Waals surface area contributed by atoms with Crippen LogP contribution in [0.1, 0.15) is 11.4 Å². The SMILES string of the molecule is [C]1N2C=C[N+]1=CC1=NC(=Cc3cccc(n3)C=c3ccc([nH]3)=C2)C=C1. The highest BCUT2D eigenvalue weighted by Crippen LogP contribution is 2.14. The topological polar surface area (TPSA) is 47.3 Å². The Hall–Kier alpha value is -3.47. The maximum atomic E-state index is 4.67. The molecule has 3 aliphatic rings. The molecule has 2 radical (unpaired) electrons. The van der Waals surface area contributed by atoms with Gasteiger partial charge in [0.1, 0.15) is 5.71 Å². The lowest BCUT2D eigenvalue weighted by Gasteiger charge is -1.98. The van der Waals surface area contributed by atoms with Gasteiger partial charge in [-0.05, 0) is 48.6 Å². The first-order valence-electron chi connectivity index (χ1n) is 8.01. The number of nitrogens with one attached hydrogen (secondary N) is 1. The van der Waals surface area contributed by atoms with Crippen molar-refractivity contribution in [3.05, 3.63) is 89.3 Å². The standard InChI is InChI=1S/C20H14N5/c1-2-15-10-17-4-6-19(22-17)12-24-8-9-25(14-24)13-20-7-5-18(23-20)11-16(3-1)21-15/h1-13,22H/q+1. The van der Waals surface area contributed by atoms with Crippen molar-refractivity contribution in [3.8, 4) is 0 Å². The Labute approximate surface area is 144 Å². The molecule has 5 rings (SSSR count). The molecule has 5 nitrogen and oxygen atoms in total. The van der Waals surface area contributed by atoms with Crippen LogP contribution in [0.25, 0.3) is 18.4 Å². The molecule has 0 fully saturated rings. The summed E-state index contributed by atoms with van der Waals surface area (Å²) in [5.41, 5.74) is 3.55. The molecule has 118 valence electrons. The summed E-state index contributed by atoms with van der Waals surface area (Å²) >= 11 is 0. The molecule has 5 heterocycles. The molecular weight excluding hydrogens is 310 g/mol. The highest BCUT2D eigenvalue weighted by atomic mass is 15.3. The van der Waals surface area contributed by atoms with E-state index in [4.69, 9.17) is 0 Å². The van der Waals surface area contributed by atoms with Crippen molar-refractivity contribution in [1.82, 2.24) is 14.9 Å². The highest BCUT2D eigenvalue weighted by Gasteiger charge is 2.20. The van der Waals surface area contributed by atoms with E-state index in [1.807, 2.05) is 88.9 Å². The maximum Gasteiger partial charge on any atom is 0.441 e. The zero-order valence-electron chi connectivity index (χ0n) is 13.3. The number of hydrogen-bond acceptors (Lipinski definition) is 3. The Kier molecular flexibility index (Phi) is 3.10. The number of allylic oxidation sites excluding steroid dienone is 2. The Morgan fingerprint density at radius 1 is 1.00 bits per heavy atom. The quantitative estimate of drug-likeness (QED) is 0.741. The van der Waals surface area contributed by atoms with Crippen LogP contribution in [0.5, 0.6) is 0 Å². The molecule has 1 N–H and O–H groups in total. The first-order valence-corrected chi connectivity index (χ1v) is 8.01. The van der Waals surface area contributed by atoms with Crippen LogP contribution in [-0.2, 0) is 0 Å². The molecule has 0 aliphatic carbocycles. The predicted octanol–water partition coefficient (Wildman–Crippen LogP) is 1.21. The smallest absolute Gasteiger partial charge is 0.354 e. The van der Waals surface area contributed by atoms with Gasteiger partial charge in [0.05, 0.1) is 28.6 Å². The summed E-state index contributed by atoms with van der Waals surface area (Å²) in [5.74, 6) is 0. The van der Waals surface area contributed by atoms with Gasteiger partial charge in [0, 0.05) is 11.5 Å². The molecule has 8 bridgehead atoms. The number of pyridine rings is 1. The average molecular weight is 324 g/mol. The van der Waals surface area contributed by atoms with E-state index >= 15 is 0 Å². The van der Waals surface area contributed by atoms with Gasteiger partial charge >= 0.3 is 6.67 Å². The first kappa shape index (κ1) is 13.9. The van der Waals surface area contributed by atoms with E-state index in [9.17, 15) is 0 Å². The molecule has 0 unspecified atom stereocenters. The van der Waals surface area contributed by atoms with Gasteiger partial charge < -0.3 is 4.98 Å². The minimum absolute atomic E-state index is 0.877. The minimum atomic E-state index is 0.877. The Morgan fingerprint density at radius 2 is 1.88 bits per heavy atom. The van der Waals surface area contributed by atoms with Crippen LogP contribution in [0, 0.1) is 6.67 Å². The van der Waals surface area contributed by atoms with E-state index in [1.54, 1.807) is 0 Å². The fraction of sp³-hybridized carbons (Fsp3) is 0. The predicted molar refractivity (Wildman–Crippen MR) is 97.4 cm³/mol. The third-order valence-corrected chi connectivity index (χ3v) is 3.97. The van der Waals surface area contributed by atoms with Gasteiger partial charge in [-0.3, -0.25) is 4.90 Å². The highest BCUT2D eigenvalue weighted by molar-refractivity contribution is 6.35. The van der Waals surface area contributed by atoms with E-state index in [1.165, 1.54) is 0 Å². The van der Waals surface area contributed by atoms with Crippen LogP contribution in [0.3, 0.4) is 0 Å². The summed E-state index contributed by atoms with van der Waals surface area (Å²) in [6, 6.07) is 10.0. The maximum absolute atomic E-state index is 4.67. The summed E-state index contributed by atoms with van der Waals surface area (Å²) < 4.78 is 1.86. The molecule has 0 amide bonds. The van der Waals surface area contributed by atoms with Gasteiger partial charge in [-0.25, -0.2) is 9.98 Å². The Bertz CT molecular complexity index is 1120. The molecule has 0 saturated carbocycles. The van der Waals surface area contributed by atoms with Gasteiger partial charge in [-0.2, -0.15) is 4.58 Å². The van der Waals surface area contributed by atoms with Crippen molar-refractivity contribution in [2.24, 2.45) is 4.99 Å². The van der Waals surface area contributed by atoms with Gasteiger partial charge in [0.25, 0.3) is 0 Å². The third kappa shape index (κ3) is 2.87. The van der Waals surface area contributed by atoms with Gasteiger partial charge in [0.15, 0.2) is 12.4 Å². The number of aliphatic imine (C=N–C) groups is 1. The molecular formula is C20H14N5+. The molecule has 2 aromatic heterocycles. The van der Waals surface area contributed by atoms with E-state index in [2.05, 4.69) is 21.6 Å². The number of nitrogens with zero attached hydrogens (tertiary/aromatic N) is 4. The molecule has 5 heteroatoms. The van der Waals surface area contributed by atoms with Crippen LogP contribution in [-0.4, -0.2) is 31.4 Å². The second-order valence-corrected chi connectivity index (χ2v) is 5.91. The lowest BCUT2D eigenvalue weighted by Crippen LogP contribution is -2.16. The lowest BCUT2D eigenvalue weighted by molar-refractivity contribution is -0.407. The number of fused-ring (bicyclic) bond motifs is 7. The van der Waals surface area contributed by atoms with Crippen LogP contribution in [0.15, 0.2) is 65.6 Å². The van der Waals surface area contributed by atoms with Gasteiger partial charge in [-0.1, -0.05) is 6.07 Å². The summed E-state index contributed by atoms with van der Waals surface area (Å²) in [7, 11) is 0. The van der Waals surface area contributed by atoms with E-state index in [-0.39, 0.29) is 0 Å². The van der Waals surface area contributed by atoms with Crippen LogP contribution >= 0.6 is 0 Å². The molecule has 25 heavy (non-hydrogen) atoms. The third-order valence-electron chi connectivity index (χ3n) is 3.97. The number of aromatic nitrogens is 2. The van der Waals surface area contributed by atoms with E-state index in [0.717, 1.165) is 33.5 Å². The summed E-state index contributed by atoms with van der Waals surface area (Å²) in [6.07, 6.45) is 15.8. The molecule has 3 aliphatic heterocycles. The van der Waals surface area contributed by atoms with Crippen LogP contribution in [0.2, 0.25) is 0 Å². The molecule has 0 spiro atoms. The molecule has 0 saturated heterocycles. The van der Waals surface area contributed by atoms with E-state index < -0.39 is 0 Å². The molecule has 0 atom stereocenters. The van der Waals surface area contributed by atoms with Crippen molar-refractivity contribution in [3.63, 3.8) is 0 Å². The first-order chi connectivity index (χ1) is 12.3. The van der Waals surface area contributed by atoms with Crippen molar-refractivity contribution >= 4 is 30.3 Å². The number of H-pyrrole nitrogens is 1. The molecule has 0 aromatic carbocycles. The van der Waals surface area contributed by atoms with E-state index in [0.29, 0.717) is 0 Å². The largest absolute Gasteiger partial charge is 0.441 e. The fourth-order valence-electron chi connectivity index (χ4n) is 2.86. The number of rotatable bonds is 0. The second kappa shape index (κ2) is 5.56. The van der Waals surface area contributed by atoms with Crippen molar-refractivity contribution < 1.29 is 4.58 Å². The van der Waals surface area contributed by atoms with Crippen LogP contribution in [0.4, 0.5) is 0 Å². The minimum Gasteiger partial charge on any atom is -0.354 e. The van der Waals surface area contributed by atoms with Crippen LogP contribution < -0.4 is 10.7 Å². The van der Waals surface area contributed by atoms with Crippen molar-refractivity contribution in [2.75, 3.05) is 0 Å². The molecule has 2 aromatic rings.